The normalized spacial score (nSPS) is 23.7. The van der Waals surface area contributed by atoms with Gasteiger partial charge in [-0.15, -0.1) is 0 Å². The van der Waals surface area contributed by atoms with Gasteiger partial charge >= 0.3 is 0 Å². The van der Waals surface area contributed by atoms with Crippen LogP contribution in [0.2, 0.25) is 0 Å². The van der Waals surface area contributed by atoms with Gasteiger partial charge in [-0.3, -0.25) is 4.79 Å². The number of thioether (sulfide) groups is 1. The van der Waals surface area contributed by atoms with Gasteiger partial charge in [-0.1, -0.05) is 38.2 Å². The third-order valence-electron chi connectivity index (χ3n) is 5.95. The summed E-state index contributed by atoms with van der Waals surface area (Å²) in [6.45, 7) is 2.07. The Kier molecular flexibility index (Phi) is 5.93. The Morgan fingerprint density at radius 2 is 1.92 bits per heavy atom. The highest BCUT2D eigenvalue weighted by Crippen LogP contribution is 2.40. The molecule has 0 N–H and O–H groups in total. The maximum Gasteiger partial charge on any atom is 0.231 e. The van der Waals surface area contributed by atoms with Crippen LogP contribution in [0.5, 0.6) is 11.5 Å². The first kappa shape index (κ1) is 18.0. The predicted octanol–water partition coefficient (Wildman–Crippen LogP) is 4.78. The number of hydrogen-bond acceptors (Lipinski definition) is 4. The lowest BCUT2D eigenvalue weighted by molar-refractivity contribution is -0.131. The van der Waals surface area contributed by atoms with Crippen LogP contribution in [0.4, 0.5) is 0 Å². The molecular weight excluding hydrogens is 346 g/mol. The Balaban J connectivity index is 1.29. The molecule has 2 heterocycles. The molecule has 142 valence electrons. The average molecular weight is 376 g/mol. The van der Waals surface area contributed by atoms with Crippen molar-refractivity contribution in [3.05, 3.63) is 23.8 Å². The number of amides is 1. The highest BCUT2D eigenvalue weighted by atomic mass is 32.2. The number of ether oxygens (including phenoxy) is 2. The predicted molar refractivity (Wildman–Crippen MR) is 105 cm³/mol. The fourth-order valence-electron chi connectivity index (χ4n) is 4.36. The summed E-state index contributed by atoms with van der Waals surface area (Å²) in [6, 6.07) is 6.27. The summed E-state index contributed by atoms with van der Waals surface area (Å²) in [5.41, 5.74) is 1.29. The lowest BCUT2D eigenvalue weighted by atomic mass is 9.86. The molecule has 0 bridgehead atoms. The molecule has 3 aliphatic rings. The van der Waals surface area contributed by atoms with E-state index in [0.29, 0.717) is 18.0 Å². The van der Waals surface area contributed by atoms with E-state index in [1.807, 2.05) is 17.8 Å². The van der Waals surface area contributed by atoms with Crippen LogP contribution in [-0.4, -0.2) is 36.4 Å². The Morgan fingerprint density at radius 1 is 1.08 bits per heavy atom. The number of rotatable bonds is 4. The molecule has 1 aromatic carbocycles. The van der Waals surface area contributed by atoms with Gasteiger partial charge in [0.05, 0.1) is 0 Å². The molecule has 1 unspecified atom stereocenters. The SMILES string of the molecule is O=C(CCC1CCCCC1)N1CCSC(c2ccc3c(c2)OCO3)CC1. The third-order valence-corrected chi connectivity index (χ3v) is 7.28. The molecule has 0 aromatic heterocycles. The van der Waals surface area contributed by atoms with E-state index >= 15 is 0 Å². The number of hydrogen-bond donors (Lipinski definition) is 0. The van der Waals surface area contributed by atoms with Crippen LogP contribution in [0, 0.1) is 5.92 Å². The molecule has 1 aliphatic carbocycles. The third kappa shape index (κ3) is 4.30. The zero-order valence-corrected chi connectivity index (χ0v) is 16.3. The van der Waals surface area contributed by atoms with Crippen molar-refractivity contribution in [3.8, 4) is 11.5 Å². The second-order valence-electron chi connectivity index (χ2n) is 7.68. The number of fused-ring (bicyclic) bond motifs is 1. The molecule has 0 spiro atoms. The summed E-state index contributed by atoms with van der Waals surface area (Å²) in [6.07, 6.45) is 9.60. The van der Waals surface area contributed by atoms with E-state index in [4.69, 9.17) is 9.47 Å². The lowest BCUT2D eigenvalue weighted by Gasteiger charge is -2.24. The first-order valence-corrected chi connectivity index (χ1v) is 11.1. The van der Waals surface area contributed by atoms with Crippen molar-refractivity contribution in [2.24, 2.45) is 5.92 Å². The fourth-order valence-corrected chi connectivity index (χ4v) is 5.58. The zero-order chi connectivity index (χ0) is 17.8. The summed E-state index contributed by atoms with van der Waals surface area (Å²) in [5.74, 6) is 3.85. The van der Waals surface area contributed by atoms with Gasteiger partial charge in [-0.25, -0.2) is 0 Å². The molecule has 26 heavy (non-hydrogen) atoms. The van der Waals surface area contributed by atoms with Crippen LogP contribution in [0.15, 0.2) is 18.2 Å². The monoisotopic (exact) mass is 375 g/mol. The van der Waals surface area contributed by atoms with E-state index < -0.39 is 0 Å². The largest absolute Gasteiger partial charge is 0.454 e. The van der Waals surface area contributed by atoms with Gasteiger partial charge in [-0.05, 0) is 36.5 Å². The van der Waals surface area contributed by atoms with E-state index in [1.54, 1.807) is 0 Å². The van der Waals surface area contributed by atoms with Crippen molar-refractivity contribution >= 4 is 17.7 Å². The Hall–Kier alpha value is -1.36. The first-order chi connectivity index (χ1) is 12.8. The number of carbonyl (C=O) groups excluding carboxylic acids is 1. The molecule has 1 amide bonds. The highest BCUT2D eigenvalue weighted by Gasteiger charge is 2.24. The van der Waals surface area contributed by atoms with Gasteiger partial charge in [0.1, 0.15) is 0 Å². The number of benzene rings is 1. The minimum atomic E-state index is 0.319. The molecule has 4 nitrogen and oxygen atoms in total. The molecule has 1 saturated carbocycles. The van der Waals surface area contributed by atoms with E-state index in [1.165, 1.54) is 37.7 Å². The van der Waals surface area contributed by atoms with Crippen LogP contribution >= 0.6 is 11.8 Å². The molecule has 1 aromatic rings. The summed E-state index contributed by atoms with van der Waals surface area (Å²) in [4.78, 5) is 14.8. The van der Waals surface area contributed by atoms with Gasteiger partial charge < -0.3 is 14.4 Å². The number of nitrogens with zero attached hydrogens (tertiary/aromatic N) is 1. The second kappa shape index (κ2) is 8.55. The first-order valence-electron chi connectivity index (χ1n) is 10.1. The van der Waals surface area contributed by atoms with Crippen molar-refractivity contribution in [1.82, 2.24) is 4.90 Å². The molecule has 0 radical (unpaired) electrons. The van der Waals surface area contributed by atoms with E-state index in [2.05, 4.69) is 17.0 Å². The molecule has 5 heteroatoms. The lowest BCUT2D eigenvalue weighted by Crippen LogP contribution is -2.33. The number of carbonyl (C=O) groups is 1. The molecule has 1 atom stereocenters. The fraction of sp³-hybridized carbons (Fsp3) is 0.667. The molecule has 4 rings (SSSR count). The Labute approximate surface area is 160 Å². The second-order valence-corrected chi connectivity index (χ2v) is 8.99. The van der Waals surface area contributed by atoms with Crippen LogP contribution in [0.1, 0.15) is 62.2 Å². The maximum atomic E-state index is 12.7. The molecule has 2 aliphatic heterocycles. The summed E-state index contributed by atoms with van der Waals surface area (Å²) in [5, 5.41) is 0.431. The van der Waals surface area contributed by atoms with Crippen LogP contribution in [0.25, 0.3) is 0 Å². The topological polar surface area (TPSA) is 38.8 Å². The standard InChI is InChI=1S/C21H29NO3S/c23-21(9-6-16-4-2-1-3-5-16)22-11-10-20(26-13-12-22)17-7-8-18-19(14-17)25-15-24-18/h7-8,14,16,20H,1-6,9-13,15H2. The minimum Gasteiger partial charge on any atom is -0.454 e. The van der Waals surface area contributed by atoms with Gasteiger partial charge in [0.2, 0.25) is 12.7 Å². The van der Waals surface area contributed by atoms with Gasteiger partial charge in [-0.2, -0.15) is 11.8 Å². The van der Waals surface area contributed by atoms with Crippen LogP contribution in [-0.2, 0) is 4.79 Å². The summed E-state index contributed by atoms with van der Waals surface area (Å²) < 4.78 is 10.9. The molecule has 2 fully saturated rings. The van der Waals surface area contributed by atoms with E-state index in [0.717, 1.165) is 55.5 Å². The molecular formula is C21H29NO3S. The summed E-state index contributed by atoms with van der Waals surface area (Å²) >= 11 is 1.96. The summed E-state index contributed by atoms with van der Waals surface area (Å²) in [7, 11) is 0. The Morgan fingerprint density at radius 3 is 2.81 bits per heavy atom. The highest BCUT2D eigenvalue weighted by molar-refractivity contribution is 7.99. The molecule has 1 saturated heterocycles. The van der Waals surface area contributed by atoms with Crippen molar-refractivity contribution in [3.63, 3.8) is 0 Å². The van der Waals surface area contributed by atoms with E-state index in [9.17, 15) is 4.79 Å². The average Bonchev–Trinajstić information content (AvgIpc) is 3.01. The van der Waals surface area contributed by atoms with E-state index in [-0.39, 0.29) is 0 Å². The Bertz CT molecular complexity index is 630. The quantitative estimate of drug-likeness (QED) is 0.759. The van der Waals surface area contributed by atoms with Gasteiger partial charge in [0.25, 0.3) is 0 Å². The van der Waals surface area contributed by atoms with Gasteiger partial charge in [0, 0.05) is 30.5 Å². The zero-order valence-electron chi connectivity index (χ0n) is 15.5. The maximum absolute atomic E-state index is 12.7. The van der Waals surface area contributed by atoms with Crippen molar-refractivity contribution in [2.75, 3.05) is 25.6 Å². The van der Waals surface area contributed by atoms with Crippen LogP contribution in [0.3, 0.4) is 0 Å². The van der Waals surface area contributed by atoms with Crippen molar-refractivity contribution in [2.45, 2.75) is 56.6 Å². The van der Waals surface area contributed by atoms with Crippen molar-refractivity contribution < 1.29 is 14.3 Å². The minimum absolute atomic E-state index is 0.319. The van der Waals surface area contributed by atoms with Crippen molar-refractivity contribution in [1.29, 1.82) is 0 Å². The van der Waals surface area contributed by atoms with Gasteiger partial charge in [0.15, 0.2) is 11.5 Å². The smallest absolute Gasteiger partial charge is 0.231 e. The van der Waals surface area contributed by atoms with Crippen LogP contribution < -0.4 is 9.47 Å².